The summed E-state index contributed by atoms with van der Waals surface area (Å²) in [5, 5.41) is 14.7. The lowest BCUT2D eigenvalue weighted by Crippen LogP contribution is -2.56. The van der Waals surface area contributed by atoms with Crippen LogP contribution >= 0.6 is 0 Å². The third-order valence-corrected chi connectivity index (χ3v) is 5.12. The number of phenolic OH excluding ortho intramolecular Hbond substituents is 1. The quantitative estimate of drug-likeness (QED) is 0.111. The monoisotopic (exact) mass is 449 g/mol. The minimum Gasteiger partial charge on any atom is -0.508 e. The van der Waals surface area contributed by atoms with Crippen molar-refractivity contribution in [2.24, 2.45) is 33.8 Å². The Balaban J connectivity index is 2.87. The highest BCUT2D eigenvalue weighted by molar-refractivity contribution is 5.92. The number of carbonyl (C=O) groups is 3. The molecular formula is C21H35N7O4. The standard InChI is InChI=1S/C21H35N7O4/c1-3-12(2)17(18(23)30)28-20(32)16(5-4-10-26-21(24)25)27-19(31)15(22)11-13-6-8-14(29)9-7-13/h6-9,12,15-17,29H,3-5,10-11,22H2,1-2H3,(H2,23,30)(H,27,31)(H,28,32)(H4,24,25,26)/t12?,15-,16-,17-/m0/s1. The van der Waals surface area contributed by atoms with Crippen LogP contribution in [0.1, 0.15) is 38.7 Å². The van der Waals surface area contributed by atoms with Gasteiger partial charge in [0.25, 0.3) is 0 Å². The number of amides is 3. The summed E-state index contributed by atoms with van der Waals surface area (Å²) in [7, 11) is 0. The van der Waals surface area contributed by atoms with Gasteiger partial charge >= 0.3 is 0 Å². The van der Waals surface area contributed by atoms with Crippen LogP contribution in [0.3, 0.4) is 0 Å². The lowest BCUT2D eigenvalue weighted by Gasteiger charge is -2.25. The number of primary amides is 1. The molecule has 0 bridgehead atoms. The Hall–Kier alpha value is -3.34. The van der Waals surface area contributed by atoms with Gasteiger partial charge in [-0.2, -0.15) is 0 Å². The number of guanidine groups is 1. The number of benzene rings is 1. The number of aliphatic imine (C=N–C) groups is 1. The van der Waals surface area contributed by atoms with E-state index in [4.69, 9.17) is 22.9 Å². The highest BCUT2D eigenvalue weighted by Gasteiger charge is 2.29. The van der Waals surface area contributed by atoms with Crippen LogP contribution < -0.4 is 33.6 Å². The number of hydrogen-bond acceptors (Lipinski definition) is 6. The van der Waals surface area contributed by atoms with E-state index in [9.17, 15) is 19.5 Å². The number of nitrogens with two attached hydrogens (primary N) is 4. The molecule has 3 amide bonds. The molecule has 32 heavy (non-hydrogen) atoms. The predicted octanol–water partition coefficient (Wildman–Crippen LogP) is -1.18. The molecule has 11 heteroatoms. The summed E-state index contributed by atoms with van der Waals surface area (Å²) < 4.78 is 0. The molecule has 11 nitrogen and oxygen atoms in total. The third-order valence-electron chi connectivity index (χ3n) is 5.12. The fourth-order valence-electron chi connectivity index (χ4n) is 3.01. The van der Waals surface area contributed by atoms with Crippen molar-refractivity contribution in [2.45, 2.75) is 57.7 Å². The molecule has 4 atom stereocenters. The fourth-order valence-corrected chi connectivity index (χ4v) is 3.01. The lowest BCUT2D eigenvalue weighted by molar-refractivity contribution is -0.132. The highest BCUT2D eigenvalue weighted by Crippen LogP contribution is 2.12. The van der Waals surface area contributed by atoms with Crippen molar-refractivity contribution in [2.75, 3.05) is 6.54 Å². The van der Waals surface area contributed by atoms with Gasteiger partial charge in [-0.1, -0.05) is 32.4 Å². The molecule has 0 fully saturated rings. The van der Waals surface area contributed by atoms with E-state index in [1.807, 2.05) is 6.92 Å². The smallest absolute Gasteiger partial charge is 0.243 e. The predicted molar refractivity (Wildman–Crippen MR) is 122 cm³/mol. The molecule has 0 aromatic heterocycles. The Morgan fingerprint density at radius 1 is 1.06 bits per heavy atom. The van der Waals surface area contributed by atoms with E-state index < -0.39 is 35.8 Å². The molecule has 1 rings (SSSR count). The summed E-state index contributed by atoms with van der Waals surface area (Å²) in [6, 6.07) is 3.58. The maximum Gasteiger partial charge on any atom is 0.243 e. The zero-order chi connectivity index (χ0) is 24.3. The first-order chi connectivity index (χ1) is 15.0. The summed E-state index contributed by atoms with van der Waals surface area (Å²) >= 11 is 0. The molecule has 1 aromatic carbocycles. The number of phenols is 1. The average Bonchev–Trinajstić information content (AvgIpc) is 2.74. The number of aromatic hydroxyl groups is 1. The van der Waals surface area contributed by atoms with E-state index in [0.29, 0.717) is 12.8 Å². The van der Waals surface area contributed by atoms with Crippen molar-refractivity contribution < 1.29 is 19.5 Å². The van der Waals surface area contributed by atoms with Crippen LogP contribution in [0, 0.1) is 5.92 Å². The average molecular weight is 450 g/mol. The molecule has 0 aliphatic rings. The molecule has 178 valence electrons. The second kappa shape index (κ2) is 13.2. The summed E-state index contributed by atoms with van der Waals surface area (Å²) in [5.41, 5.74) is 22.8. The number of nitrogens with zero attached hydrogens (tertiary/aromatic N) is 1. The number of nitrogens with one attached hydrogen (secondary N) is 2. The van der Waals surface area contributed by atoms with Crippen LogP contribution in [0.4, 0.5) is 0 Å². The van der Waals surface area contributed by atoms with Gasteiger partial charge in [0, 0.05) is 6.54 Å². The normalized spacial score (nSPS) is 14.5. The van der Waals surface area contributed by atoms with Gasteiger partial charge in [-0.05, 0) is 42.9 Å². The zero-order valence-corrected chi connectivity index (χ0v) is 18.6. The Labute approximate surface area is 188 Å². The Morgan fingerprint density at radius 2 is 1.69 bits per heavy atom. The first-order valence-electron chi connectivity index (χ1n) is 10.5. The Morgan fingerprint density at radius 3 is 2.22 bits per heavy atom. The van der Waals surface area contributed by atoms with Crippen molar-refractivity contribution in [3.63, 3.8) is 0 Å². The van der Waals surface area contributed by atoms with Gasteiger partial charge < -0.3 is 38.7 Å². The minimum atomic E-state index is -0.950. The maximum atomic E-state index is 12.9. The van der Waals surface area contributed by atoms with E-state index in [1.54, 1.807) is 19.1 Å². The third kappa shape index (κ3) is 9.21. The van der Waals surface area contributed by atoms with Gasteiger partial charge in [-0.15, -0.1) is 0 Å². The number of carbonyl (C=O) groups excluding carboxylic acids is 3. The topological polar surface area (TPSA) is 212 Å². The maximum absolute atomic E-state index is 12.9. The van der Waals surface area contributed by atoms with Gasteiger partial charge in [-0.3, -0.25) is 19.4 Å². The van der Waals surface area contributed by atoms with Gasteiger partial charge in [-0.25, -0.2) is 0 Å². The van der Waals surface area contributed by atoms with E-state index >= 15 is 0 Å². The molecular weight excluding hydrogens is 414 g/mol. The van der Waals surface area contributed by atoms with Crippen LogP contribution in [-0.2, 0) is 20.8 Å². The van der Waals surface area contributed by atoms with Gasteiger partial charge in [0.1, 0.15) is 17.8 Å². The van der Waals surface area contributed by atoms with E-state index in [2.05, 4.69) is 15.6 Å². The Bertz CT molecular complexity index is 794. The molecule has 0 aliphatic heterocycles. The van der Waals surface area contributed by atoms with Crippen LogP contribution in [0.15, 0.2) is 29.3 Å². The second-order valence-corrected chi connectivity index (χ2v) is 7.76. The molecule has 1 aromatic rings. The van der Waals surface area contributed by atoms with Crippen molar-refractivity contribution in [3.8, 4) is 5.75 Å². The number of hydrogen-bond donors (Lipinski definition) is 7. The molecule has 0 saturated carbocycles. The molecule has 0 heterocycles. The summed E-state index contributed by atoms with van der Waals surface area (Å²) in [6.45, 7) is 3.95. The van der Waals surface area contributed by atoms with Crippen molar-refractivity contribution in [1.82, 2.24) is 10.6 Å². The van der Waals surface area contributed by atoms with Crippen molar-refractivity contribution in [3.05, 3.63) is 29.8 Å². The van der Waals surface area contributed by atoms with Crippen LogP contribution in [-0.4, -0.2) is 53.5 Å². The summed E-state index contributed by atoms with van der Waals surface area (Å²) in [5.74, 6) is -1.86. The van der Waals surface area contributed by atoms with Gasteiger partial charge in [0.05, 0.1) is 6.04 Å². The molecule has 0 saturated heterocycles. The van der Waals surface area contributed by atoms with E-state index in [-0.39, 0.29) is 37.0 Å². The van der Waals surface area contributed by atoms with E-state index in [1.165, 1.54) is 12.1 Å². The summed E-state index contributed by atoms with van der Waals surface area (Å²) in [4.78, 5) is 41.2. The Kier molecular flexibility index (Phi) is 11.0. The van der Waals surface area contributed by atoms with Crippen LogP contribution in [0.25, 0.3) is 0 Å². The largest absolute Gasteiger partial charge is 0.508 e. The van der Waals surface area contributed by atoms with Crippen molar-refractivity contribution >= 4 is 23.7 Å². The van der Waals surface area contributed by atoms with Crippen molar-refractivity contribution in [1.29, 1.82) is 0 Å². The van der Waals surface area contributed by atoms with Gasteiger partial charge in [0.15, 0.2) is 5.96 Å². The van der Waals surface area contributed by atoms with Crippen LogP contribution in [0.5, 0.6) is 5.75 Å². The highest BCUT2D eigenvalue weighted by atomic mass is 16.3. The number of rotatable bonds is 13. The lowest BCUT2D eigenvalue weighted by atomic mass is 9.97. The van der Waals surface area contributed by atoms with Crippen LogP contribution in [0.2, 0.25) is 0 Å². The second-order valence-electron chi connectivity index (χ2n) is 7.76. The first-order valence-corrected chi connectivity index (χ1v) is 10.5. The molecule has 0 radical (unpaired) electrons. The van der Waals surface area contributed by atoms with E-state index in [0.717, 1.165) is 5.56 Å². The summed E-state index contributed by atoms with van der Waals surface area (Å²) in [6.07, 6.45) is 1.48. The van der Waals surface area contributed by atoms with Gasteiger partial charge in [0.2, 0.25) is 17.7 Å². The molecule has 1 unspecified atom stereocenters. The zero-order valence-electron chi connectivity index (χ0n) is 18.6. The SMILES string of the molecule is CCC(C)[C@H](NC(=O)[C@H](CCCN=C(N)N)NC(=O)[C@@H](N)Cc1ccc(O)cc1)C(N)=O. The molecule has 0 aliphatic carbocycles. The first kappa shape index (κ1) is 26.7. The fraction of sp³-hybridized carbons (Fsp3) is 0.524. The molecule has 0 spiro atoms. The molecule has 11 N–H and O–H groups in total. The minimum absolute atomic E-state index is 0.0727.